The maximum Gasteiger partial charge on any atom is 0.253 e. The van der Waals surface area contributed by atoms with Gasteiger partial charge in [0, 0.05) is 23.2 Å². The Bertz CT molecular complexity index is 1120. The number of hydrogen-bond acceptors (Lipinski definition) is 8. The summed E-state index contributed by atoms with van der Waals surface area (Å²) in [5.74, 6) is 1.11. The summed E-state index contributed by atoms with van der Waals surface area (Å²) < 4.78 is 15.6. The summed E-state index contributed by atoms with van der Waals surface area (Å²) >= 11 is 7.50. The first-order valence-electron chi connectivity index (χ1n) is 9.21. The molecule has 3 aromatic rings. The highest BCUT2D eigenvalue weighted by molar-refractivity contribution is 8.00. The second-order valence-electron chi connectivity index (χ2n) is 6.71. The molecule has 0 radical (unpaired) electrons. The van der Waals surface area contributed by atoms with Crippen molar-refractivity contribution in [2.75, 3.05) is 25.4 Å². The van der Waals surface area contributed by atoms with Crippen molar-refractivity contribution in [1.82, 2.24) is 10.2 Å². The first kappa shape index (κ1) is 21.1. The molecular formula is C20H19ClN4O5S. The van der Waals surface area contributed by atoms with E-state index in [1.807, 2.05) is 12.1 Å². The summed E-state index contributed by atoms with van der Waals surface area (Å²) in [7, 11) is 3.02. The summed E-state index contributed by atoms with van der Waals surface area (Å²) in [6.07, 6.45) is 0. The molecule has 1 atom stereocenters. The molecule has 31 heavy (non-hydrogen) atoms. The van der Waals surface area contributed by atoms with E-state index in [1.54, 1.807) is 36.2 Å². The molecule has 4 rings (SSSR count). The molecule has 0 aliphatic carbocycles. The number of carbonyl (C=O) groups excluding carboxylic acids is 1. The largest absolute Gasteiger partial charge is 0.493 e. The van der Waals surface area contributed by atoms with Gasteiger partial charge in [-0.1, -0.05) is 23.7 Å². The van der Waals surface area contributed by atoms with Crippen LogP contribution in [0.25, 0.3) is 11.3 Å². The van der Waals surface area contributed by atoms with Gasteiger partial charge in [-0.15, -0.1) is 11.8 Å². The highest BCUT2D eigenvalue weighted by Gasteiger charge is 2.34. The Labute approximate surface area is 187 Å². The van der Waals surface area contributed by atoms with Crippen molar-refractivity contribution in [2.24, 2.45) is 0 Å². The van der Waals surface area contributed by atoms with Crippen LogP contribution in [0.4, 0.5) is 5.69 Å². The zero-order chi connectivity index (χ0) is 22.1. The molecule has 2 aromatic carbocycles. The number of hydrogen-bond donors (Lipinski definition) is 1. The van der Waals surface area contributed by atoms with E-state index >= 15 is 0 Å². The van der Waals surface area contributed by atoms with Crippen LogP contribution in [0.1, 0.15) is 16.6 Å². The minimum Gasteiger partial charge on any atom is -0.493 e. The van der Waals surface area contributed by atoms with Gasteiger partial charge in [-0.2, -0.15) is 0 Å². The fourth-order valence-corrected chi connectivity index (χ4v) is 4.49. The Balaban J connectivity index is 1.78. The monoisotopic (exact) mass is 462 g/mol. The van der Waals surface area contributed by atoms with Crippen molar-refractivity contribution in [1.29, 1.82) is 0 Å². The van der Waals surface area contributed by atoms with Crippen LogP contribution in [-0.2, 0) is 4.79 Å². The number of benzene rings is 2. The molecule has 1 N–H and O–H groups in total. The molecule has 1 fully saturated rings. The highest BCUT2D eigenvalue weighted by Crippen LogP contribution is 2.43. The average molecular weight is 463 g/mol. The van der Waals surface area contributed by atoms with Gasteiger partial charge in [-0.3, -0.25) is 14.8 Å². The topological polar surface area (TPSA) is 104 Å². The van der Waals surface area contributed by atoms with Gasteiger partial charge in [0.25, 0.3) is 11.6 Å². The van der Waals surface area contributed by atoms with Crippen LogP contribution in [0.2, 0.25) is 5.02 Å². The number of methoxy groups -OCH3 is 2. The van der Waals surface area contributed by atoms with Crippen LogP contribution >= 0.6 is 23.4 Å². The number of anilines is 1. The number of ether oxygens (including phenoxy) is 2. The third kappa shape index (κ3) is 3.96. The predicted octanol–water partition coefficient (Wildman–Crippen LogP) is 3.56. The Kier molecular flexibility index (Phi) is 5.84. The fraction of sp³-hybridized carbons (Fsp3) is 0.250. The molecule has 2 heterocycles. The van der Waals surface area contributed by atoms with Crippen molar-refractivity contribution in [3.8, 4) is 22.8 Å². The van der Waals surface area contributed by atoms with E-state index in [1.165, 1.54) is 26.0 Å². The van der Waals surface area contributed by atoms with Gasteiger partial charge < -0.3 is 14.7 Å². The Morgan fingerprint density at radius 1 is 1.26 bits per heavy atom. The molecule has 1 amide bonds. The van der Waals surface area contributed by atoms with Crippen molar-refractivity contribution in [3.63, 3.8) is 0 Å². The number of halogens is 1. The number of nitrogens with one attached hydrogen (secondary N) is 1. The first-order chi connectivity index (χ1) is 14.9. The number of amides is 1. The number of hydrazine groups is 1. The smallest absolute Gasteiger partial charge is 0.253 e. The molecular weight excluding hydrogens is 444 g/mol. The lowest BCUT2D eigenvalue weighted by Crippen LogP contribution is -2.34. The van der Waals surface area contributed by atoms with Gasteiger partial charge >= 0.3 is 0 Å². The maximum absolute atomic E-state index is 12.7. The minimum atomic E-state index is -0.270. The molecule has 1 aliphatic heterocycles. The number of thioether (sulfide) groups is 1. The van der Waals surface area contributed by atoms with E-state index in [9.17, 15) is 10.0 Å². The van der Waals surface area contributed by atoms with Crippen LogP contribution in [-0.4, -0.2) is 36.0 Å². The molecule has 1 unspecified atom stereocenters. The summed E-state index contributed by atoms with van der Waals surface area (Å²) in [6, 6.07) is 10.7. The van der Waals surface area contributed by atoms with E-state index < -0.39 is 0 Å². The Morgan fingerprint density at radius 2 is 1.94 bits per heavy atom. The second kappa shape index (κ2) is 8.56. The van der Waals surface area contributed by atoms with Crippen molar-refractivity contribution in [2.45, 2.75) is 12.3 Å². The molecule has 1 aromatic heterocycles. The van der Waals surface area contributed by atoms with Gasteiger partial charge in [-0.25, -0.2) is 5.01 Å². The standard InChI is InChI=1S/C20H19ClN4O5S/c1-11-19(23-30-25(11)27)14-8-16(28-2)17(29-3)9-15(14)22-24-18(26)10-31-20(24)12-4-6-13(21)7-5-12/h4-9,20,22H,10H2,1-3H3. The zero-order valence-corrected chi connectivity index (χ0v) is 18.5. The summed E-state index contributed by atoms with van der Waals surface area (Å²) in [4.78, 5) is 13.0. The molecule has 162 valence electrons. The van der Waals surface area contributed by atoms with Crippen molar-refractivity contribution >= 4 is 35.0 Å². The van der Waals surface area contributed by atoms with Gasteiger partial charge in [0.1, 0.15) is 5.37 Å². The minimum absolute atomic E-state index is 0.0959. The van der Waals surface area contributed by atoms with E-state index in [0.717, 1.165) is 5.56 Å². The quantitative estimate of drug-likeness (QED) is 0.554. The van der Waals surface area contributed by atoms with E-state index in [2.05, 4.69) is 10.6 Å². The Morgan fingerprint density at radius 3 is 2.55 bits per heavy atom. The molecule has 9 nitrogen and oxygen atoms in total. The molecule has 0 spiro atoms. The summed E-state index contributed by atoms with van der Waals surface area (Å²) in [5, 5.41) is 17.6. The van der Waals surface area contributed by atoms with Crippen LogP contribution < -0.4 is 19.8 Å². The Hall–Kier alpha value is -3.11. The average Bonchev–Trinajstić information content (AvgIpc) is 3.30. The predicted molar refractivity (Wildman–Crippen MR) is 116 cm³/mol. The number of rotatable bonds is 6. The normalized spacial score (nSPS) is 15.9. The zero-order valence-electron chi connectivity index (χ0n) is 16.9. The SMILES string of the molecule is COc1cc(NN2C(=O)CSC2c2ccc(Cl)cc2)c(-c2no[n+]([O-])c2C)cc1OC. The van der Waals surface area contributed by atoms with E-state index in [0.29, 0.717) is 44.1 Å². The third-order valence-electron chi connectivity index (χ3n) is 4.87. The third-order valence-corrected chi connectivity index (χ3v) is 6.33. The molecule has 0 saturated carbocycles. The lowest BCUT2D eigenvalue weighted by atomic mass is 10.1. The first-order valence-corrected chi connectivity index (χ1v) is 10.6. The number of carbonyl (C=O) groups is 1. The number of aromatic nitrogens is 2. The fourth-order valence-electron chi connectivity index (χ4n) is 3.25. The van der Waals surface area contributed by atoms with Gasteiger partial charge in [0.05, 0.1) is 31.2 Å². The van der Waals surface area contributed by atoms with E-state index in [-0.39, 0.29) is 17.0 Å². The van der Waals surface area contributed by atoms with Gasteiger partial charge in [-0.05, 0) is 28.7 Å². The van der Waals surface area contributed by atoms with Gasteiger partial charge in [0.15, 0.2) is 11.5 Å². The van der Waals surface area contributed by atoms with Crippen molar-refractivity contribution < 1.29 is 23.8 Å². The van der Waals surface area contributed by atoms with Gasteiger partial charge in [0.2, 0.25) is 5.69 Å². The van der Waals surface area contributed by atoms with Crippen molar-refractivity contribution in [3.05, 3.63) is 57.9 Å². The molecule has 11 heteroatoms. The summed E-state index contributed by atoms with van der Waals surface area (Å²) in [5.41, 5.74) is 5.72. The molecule has 0 bridgehead atoms. The highest BCUT2D eigenvalue weighted by atomic mass is 35.5. The molecule has 1 saturated heterocycles. The van der Waals surface area contributed by atoms with Crippen LogP contribution in [0.3, 0.4) is 0 Å². The lowest BCUT2D eigenvalue weighted by Gasteiger charge is -2.27. The second-order valence-corrected chi connectivity index (χ2v) is 8.21. The lowest BCUT2D eigenvalue weighted by molar-refractivity contribution is -0.806. The summed E-state index contributed by atoms with van der Waals surface area (Å²) in [6.45, 7) is 1.59. The van der Waals surface area contributed by atoms with E-state index in [4.69, 9.17) is 25.7 Å². The maximum atomic E-state index is 12.7. The van der Waals surface area contributed by atoms with Crippen LogP contribution in [0, 0.1) is 12.1 Å². The van der Waals surface area contributed by atoms with Crippen LogP contribution in [0.5, 0.6) is 11.5 Å². The number of nitrogens with zero attached hydrogens (tertiary/aromatic N) is 3. The molecule has 1 aliphatic rings. The van der Waals surface area contributed by atoms with Crippen LogP contribution in [0.15, 0.2) is 41.0 Å².